The number of carbonyl (C=O) groups is 2. The molecule has 3 atom stereocenters. The molecule has 0 amide bonds. The summed E-state index contributed by atoms with van der Waals surface area (Å²) in [5, 5.41) is 10.4. The van der Waals surface area contributed by atoms with Crippen molar-refractivity contribution in [1.82, 2.24) is 0 Å². The number of phosphoric ester groups is 1. The Kier molecular flexibility index (Phi) is 34.5. The quantitative estimate of drug-likeness (QED) is 0.0163. The standard InChI is InChI=1S/C52H90NO10P/c1-8-10-12-13-14-15-16-17-18-21-24-27-31-35-47(54)36-34-40-52(56)62-48(44-61-64(57,58)60-42-41-53(5,6)7)43-59-51(55)39-33-29-26-23-20-19-22-25-28-32-38-50-46(4)45(3)49(63-50)37-30-11-9-2/h14-15,17-18,24,27,31,35,47-48,54H,8-13,16,19-23,25-26,28-30,32-34,36-44H2,1-7H3/p+1/b15-14-,18-17-,27-24-,35-31+/t47-,48+/m0/s1. The Morgan fingerprint density at radius 2 is 1.22 bits per heavy atom. The summed E-state index contributed by atoms with van der Waals surface area (Å²) >= 11 is 0. The van der Waals surface area contributed by atoms with Crippen LogP contribution in [0.1, 0.15) is 184 Å². The van der Waals surface area contributed by atoms with Gasteiger partial charge in [-0.3, -0.25) is 18.6 Å². The molecule has 1 aromatic rings. The topological polar surface area (TPSA) is 142 Å². The molecule has 1 unspecified atom stereocenters. The largest absolute Gasteiger partial charge is 0.472 e. The van der Waals surface area contributed by atoms with E-state index in [4.69, 9.17) is 22.9 Å². The number of aliphatic hydroxyl groups is 1. The van der Waals surface area contributed by atoms with Gasteiger partial charge in [0, 0.05) is 25.7 Å². The third-order valence-electron chi connectivity index (χ3n) is 11.2. The lowest BCUT2D eigenvalue weighted by atomic mass is 10.0. The predicted molar refractivity (Wildman–Crippen MR) is 261 cm³/mol. The van der Waals surface area contributed by atoms with Gasteiger partial charge in [0.15, 0.2) is 6.10 Å². The highest BCUT2D eigenvalue weighted by molar-refractivity contribution is 7.47. The molecule has 0 aromatic carbocycles. The van der Waals surface area contributed by atoms with Crippen LogP contribution in [0.5, 0.6) is 0 Å². The van der Waals surface area contributed by atoms with Gasteiger partial charge in [-0.2, -0.15) is 0 Å². The molecule has 0 bridgehead atoms. The summed E-state index contributed by atoms with van der Waals surface area (Å²) in [6.45, 7) is 8.51. The van der Waals surface area contributed by atoms with E-state index in [0.29, 0.717) is 30.3 Å². The lowest BCUT2D eigenvalue weighted by molar-refractivity contribution is -0.870. The second-order valence-electron chi connectivity index (χ2n) is 18.3. The Labute approximate surface area is 389 Å². The maximum atomic E-state index is 12.8. The van der Waals surface area contributed by atoms with Crippen LogP contribution in [0, 0.1) is 13.8 Å². The van der Waals surface area contributed by atoms with E-state index in [2.05, 4.69) is 52.0 Å². The average Bonchev–Trinajstić information content (AvgIpc) is 3.51. The van der Waals surface area contributed by atoms with Crippen LogP contribution in [0.15, 0.2) is 53.0 Å². The highest BCUT2D eigenvalue weighted by Gasteiger charge is 2.27. The summed E-state index contributed by atoms with van der Waals surface area (Å²) in [6.07, 6.45) is 38.6. The lowest BCUT2D eigenvalue weighted by Crippen LogP contribution is -2.37. The number of carbonyl (C=O) groups excluding carboxylic acids is 2. The third-order valence-corrected chi connectivity index (χ3v) is 12.2. The van der Waals surface area contributed by atoms with Crippen LogP contribution < -0.4 is 0 Å². The highest BCUT2D eigenvalue weighted by atomic mass is 31.2. The molecule has 0 radical (unpaired) electrons. The fraction of sp³-hybridized carbons (Fsp3) is 0.731. The molecule has 12 heteroatoms. The SMILES string of the molecule is CCCCC/C=C\C/C=C\C/C=C\C=C\[C@H](O)CCCC(=O)O[C@H](COC(=O)CCCCCCCCCCCCc1oc(CCCCC)c(C)c1C)COP(=O)(O)OCC[N+](C)(C)C. The van der Waals surface area contributed by atoms with E-state index < -0.39 is 38.6 Å². The van der Waals surface area contributed by atoms with Crippen molar-refractivity contribution < 1.29 is 51.6 Å². The van der Waals surface area contributed by atoms with Gasteiger partial charge in [-0.1, -0.05) is 140 Å². The van der Waals surface area contributed by atoms with Gasteiger partial charge in [-0.15, -0.1) is 0 Å². The monoisotopic (exact) mass is 921 g/mol. The number of esters is 2. The number of nitrogens with zero attached hydrogens (tertiary/aromatic N) is 1. The molecule has 2 N–H and O–H groups in total. The third kappa shape index (κ3) is 33.7. The molecule has 1 rings (SSSR count). The second-order valence-corrected chi connectivity index (χ2v) is 19.7. The Morgan fingerprint density at radius 1 is 0.672 bits per heavy atom. The highest BCUT2D eigenvalue weighted by Crippen LogP contribution is 2.43. The van der Waals surface area contributed by atoms with E-state index >= 15 is 0 Å². The first-order valence-corrected chi connectivity index (χ1v) is 26.3. The summed E-state index contributed by atoms with van der Waals surface area (Å²) in [4.78, 5) is 35.6. The Bertz CT molecular complexity index is 1520. The van der Waals surface area contributed by atoms with Crippen LogP contribution in [-0.2, 0) is 45.5 Å². The molecule has 64 heavy (non-hydrogen) atoms. The number of phosphoric acid groups is 1. The summed E-state index contributed by atoms with van der Waals surface area (Å²) in [7, 11) is 1.34. The van der Waals surface area contributed by atoms with Crippen molar-refractivity contribution in [2.24, 2.45) is 0 Å². The molecule has 0 aliphatic heterocycles. The summed E-state index contributed by atoms with van der Waals surface area (Å²) in [5.74, 6) is 1.35. The number of quaternary nitrogens is 1. The summed E-state index contributed by atoms with van der Waals surface area (Å²) in [5.41, 5.74) is 2.68. The van der Waals surface area contributed by atoms with Gasteiger partial charge in [-0.25, -0.2) is 4.57 Å². The Hall–Kier alpha value is -2.79. The maximum absolute atomic E-state index is 12.8. The molecular weight excluding hydrogens is 830 g/mol. The first kappa shape index (κ1) is 59.2. The first-order valence-electron chi connectivity index (χ1n) is 24.8. The average molecular weight is 921 g/mol. The van der Waals surface area contributed by atoms with E-state index in [1.165, 1.54) is 99.7 Å². The maximum Gasteiger partial charge on any atom is 0.472 e. The Morgan fingerprint density at radius 3 is 1.84 bits per heavy atom. The fourth-order valence-corrected chi connectivity index (χ4v) is 7.68. The van der Waals surface area contributed by atoms with Crippen LogP contribution in [0.25, 0.3) is 0 Å². The van der Waals surface area contributed by atoms with Crippen molar-refractivity contribution in [3.63, 3.8) is 0 Å². The van der Waals surface area contributed by atoms with Gasteiger partial charge in [-0.05, 0) is 82.8 Å². The fourth-order valence-electron chi connectivity index (χ4n) is 6.94. The van der Waals surface area contributed by atoms with Crippen molar-refractivity contribution in [2.45, 2.75) is 200 Å². The van der Waals surface area contributed by atoms with E-state index in [1.54, 1.807) is 12.2 Å². The molecule has 0 fully saturated rings. The molecule has 11 nitrogen and oxygen atoms in total. The smallest absolute Gasteiger partial charge is 0.466 e. The molecule has 0 saturated heterocycles. The summed E-state index contributed by atoms with van der Waals surface area (Å²) in [6, 6.07) is 0. The summed E-state index contributed by atoms with van der Waals surface area (Å²) < 4.78 is 40.5. The number of likely N-dealkylation sites (N-methyl/N-ethyl adjacent to an activating group) is 1. The van der Waals surface area contributed by atoms with Crippen molar-refractivity contribution >= 4 is 19.8 Å². The van der Waals surface area contributed by atoms with Gasteiger partial charge < -0.3 is 28.4 Å². The molecule has 0 aliphatic rings. The number of hydrogen-bond acceptors (Lipinski definition) is 9. The molecule has 368 valence electrons. The predicted octanol–water partition coefficient (Wildman–Crippen LogP) is 12.9. The molecule has 1 heterocycles. The number of rotatable bonds is 41. The minimum atomic E-state index is -4.44. The van der Waals surface area contributed by atoms with Crippen molar-refractivity contribution in [3.8, 4) is 0 Å². The minimum Gasteiger partial charge on any atom is -0.466 e. The lowest BCUT2D eigenvalue weighted by Gasteiger charge is -2.24. The normalized spacial score (nSPS) is 14.3. The van der Waals surface area contributed by atoms with Crippen molar-refractivity contribution in [3.05, 3.63) is 71.3 Å². The van der Waals surface area contributed by atoms with Crippen molar-refractivity contribution in [2.75, 3.05) is 47.5 Å². The number of furan rings is 1. The molecule has 0 saturated carbocycles. The van der Waals surface area contributed by atoms with E-state index in [-0.39, 0.29) is 26.1 Å². The van der Waals surface area contributed by atoms with Gasteiger partial charge in [0.2, 0.25) is 0 Å². The molecule has 0 aliphatic carbocycles. The number of hydrogen-bond donors (Lipinski definition) is 2. The zero-order valence-corrected chi connectivity index (χ0v) is 42.2. The minimum absolute atomic E-state index is 0.00502. The van der Waals surface area contributed by atoms with E-state index in [0.717, 1.165) is 51.4 Å². The van der Waals surface area contributed by atoms with Crippen LogP contribution in [0.4, 0.5) is 0 Å². The zero-order valence-electron chi connectivity index (χ0n) is 41.3. The van der Waals surface area contributed by atoms with Crippen LogP contribution in [0.2, 0.25) is 0 Å². The number of aliphatic hydroxyl groups excluding tert-OH is 1. The first-order chi connectivity index (χ1) is 30.7. The molecular formula is C52H91NO10P+. The number of ether oxygens (including phenoxy) is 2. The van der Waals surface area contributed by atoms with E-state index in [9.17, 15) is 24.2 Å². The van der Waals surface area contributed by atoms with Crippen LogP contribution in [-0.4, -0.2) is 86.1 Å². The molecule has 1 aromatic heterocycles. The van der Waals surface area contributed by atoms with Crippen molar-refractivity contribution in [1.29, 1.82) is 0 Å². The number of allylic oxidation sites excluding steroid dienone is 7. The van der Waals surface area contributed by atoms with Gasteiger partial charge in [0.25, 0.3) is 0 Å². The van der Waals surface area contributed by atoms with Crippen LogP contribution in [0.3, 0.4) is 0 Å². The molecule has 0 spiro atoms. The Balaban J connectivity index is 2.37. The van der Waals surface area contributed by atoms with Gasteiger partial charge in [0.05, 0.1) is 33.9 Å². The van der Waals surface area contributed by atoms with Gasteiger partial charge in [0.1, 0.15) is 31.3 Å². The second kappa shape index (κ2) is 37.3. The number of unbranched alkanes of at least 4 members (excludes halogenated alkanes) is 14. The van der Waals surface area contributed by atoms with Crippen LogP contribution >= 0.6 is 7.82 Å². The van der Waals surface area contributed by atoms with E-state index in [1.807, 2.05) is 33.3 Å². The van der Waals surface area contributed by atoms with Gasteiger partial charge >= 0.3 is 19.8 Å². The number of aryl methyl sites for hydroxylation is 2. The zero-order chi connectivity index (χ0) is 47.3.